The van der Waals surface area contributed by atoms with Gasteiger partial charge in [0.05, 0.1) is 6.04 Å². The van der Waals surface area contributed by atoms with Crippen LogP contribution in [-0.2, 0) is 4.79 Å². The van der Waals surface area contributed by atoms with Gasteiger partial charge in [-0.3, -0.25) is 15.9 Å². The Kier molecular flexibility index (Phi) is 6.85. The third kappa shape index (κ3) is 4.18. The van der Waals surface area contributed by atoms with Crippen LogP contribution in [0, 0.1) is 5.41 Å². The molecule has 0 saturated carbocycles. The normalized spacial score (nSPS) is 20.3. The molecule has 1 aliphatic rings. The summed E-state index contributed by atoms with van der Waals surface area (Å²) in [6, 6.07) is 6.21. The molecule has 11 heteroatoms. The molecule has 26 heavy (non-hydrogen) atoms. The molecule has 0 radical (unpaired) electrons. The maximum absolute atomic E-state index is 11.7. The number of phenols is 1. The second kappa shape index (κ2) is 8.26. The standard InChI is InChI=1S/C15H20ClN7O2.ClH/c1-2-9(7-3-5-8(24)6-4-7)21-14(19)15(20)10(13(18)25)22-11(16)12(17)23-15;/h3-6,9,23-24H,2,17,20H2,1H3,(H2,18,25)(H2,19,21);1H. The fourth-order valence-corrected chi connectivity index (χ4v) is 2.55. The summed E-state index contributed by atoms with van der Waals surface area (Å²) in [5.41, 5.74) is 15.8. The number of aromatic hydroxyl groups is 1. The number of carbonyl (C=O) groups excluding carboxylic acids is 1. The molecule has 0 aromatic heterocycles. The zero-order chi connectivity index (χ0) is 18.8. The molecule has 1 heterocycles. The quantitative estimate of drug-likeness (QED) is 0.212. The van der Waals surface area contributed by atoms with E-state index in [4.69, 9.17) is 34.2 Å². The number of amidine groups is 1. The van der Waals surface area contributed by atoms with Gasteiger partial charge >= 0.3 is 0 Å². The van der Waals surface area contributed by atoms with Crippen molar-refractivity contribution >= 4 is 41.5 Å². The average molecular weight is 402 g/mol. The van der Waals surface area contributed by atoms with Gasteiger partial charge < -0.3 is 27.2 Å². The molecule has 0 spiro atoms. The first-order valence-electron chi connectivity index (χ1n) is 7.44. The van der Waals surface area contributed by atoms with E-state index in [0.717, 1.165) is 5.56 Å². The SMILES string of the molecule is CCC(NC(=N)C1(N)NC(N)=C(Cl)N=C1C(N)=O)c1ccc(O)cc1.Cl. The summed E-state index contributed by atoms with van der Waals surface area (Å²) >= 11 is 5.81. The van der Waals surface area contributed by atoms with Gasteiger partial charge in [0.15, 0.2) is 16.5 Å². The minimum atomic E-state index is -1.83. The van der Waals surface area contributed by atoms with Crippen molar-refractivity contribution in [3.05, 3.63) is 40.8 Å². The van der Waals surface area contributed by atoms with Crippen molar-refractivity contribution in [3.63, 3.8) is 0 Å². The maximum atomic E-state index is 11.7. The number of amides is 1. The number of hydrogen-bond donors (Lipinski definition) is 7. The lowest BCUT2D eigenvalue weighted by atomic mass is 9.98. The summed E-state index contributed by atoms with van der Waals surface area (Å²) in [6.45, 7) is 1.91. The van der Waals surface area contributed by atoms with Crippen LogP contribution in [0.3, 0.4) is 0 Å². The highest BCUT2D eigenvalue weighted by molar-refractivity contribution is 6.48. The van der Waals surface area contributed by atoms with Crippen molar-refractivity contribution < 1.29 is 9.90 Å². The number of hydrogen-bond acceptors (Lipinski definition) is 7. The Bertz CT molecular complexity index is 764. The summed E-state index contributed by atoms with van der Waals surface area (Å²) in [7, 11) is 0. The first kappa shape index (κ1) is 21.6. The van der Waals surface area contributed by atoms with E-state index in [9.17, 15) is 9.90 Å². The highest BCUT2D eigenvalue weighted by Gasteiger charge is 2.43. The number of aliphatic imine (C=N–C) groups is 1. The number of nitrogens with one attached hydrogen (secondary N) is 3. The number of carbonyl (C=O) groups is 1. The van der Waals surface area contributed by atoms with E-state index in [0.29, 0.717) is 6.42 Å². The van der Waals surface area contributed by atoms with Gasteiger partial charge in [-0.25, -0.2) is 4.99 Å². The van der Waals surface area contributed by atoms with Crippen LogP contribution >= 0.6 is 24.0 Å². The minimum absolute atomic E-state index is 0. The van der Waals surface area contributed by atoms with E-state index < -0.39 is 11.6 Å². The zero-order valence-corrected chi connectivity index (χ0v) is 15.5. The van der Waals surface area contributed by atoms with Gasteiger partial charge in [-0.15, -0.1) is 12.4 Å². The Morgan fingerprint density at radius 2 is 2.04 bits per heavy atom. The summed E-state index contributed by atoms with van der Waals surface area (Å²) in [5, 5.41) is 23.1. The molecular weight excluding hydrogens is 381 g/mol. The lowest BCUT2D eigenvalue weighted by Crippen LogP contribution is -2.72. The van der Waals surface area contributed by atoms with E-state index in [-0.39, 0.29) is 46.7 Å². The first-order valence-corrected chi connectivity index (χ1v) is 7.82. The van der Waals surface area contributed by atoms with Crippen molar-refractivity contribution in [3.8, 4) is 5.75 Å². The van der Waals surface area contributed by atoms with Gasteiger partial charge in [0, 0.05) is 0 Å². The molecule has 0 fully saturated rings. The highest BCUT2D eigenvalue weighted by atomic mass is 35.5. The molecule has 9 nitrogen and oxygen atoms in total. The Morgan fingerprint density at radius 3 is 2.54 bits per heavy atom. The van der Waals surface area contributed by atoms with Crippen molar-refractivity contribution in [2.75, 3.05) is 0 Å². The second-order valence-electron chi connectivity index (χ2n) is 5.53. The number of phenolic OH excluding ortho intramolecular Hbond substituents is 1. The third-order valence-corrected chi connectivity index (χ3v) is 4.08. The second-order valence-corrected chi connectivity index (χ2v) is 5.89. The van der Waals surface area contributed by atoms with Crippen LogP contribution < -0.4 is 27.8 Å². The summed E-state index contributed by atoms with van der Waals surface area (Å²) in [4.78, 5) is 15.5. The molecule has 2 atom stereocenters. The summed E-state index contributed by atoms with van der Waals surface area (Å²) in [5.74, 6) is -1.12. The van der Waals surface area contributed by atoms with Gasteiger partial charge in [0.2, 0.25) is 0 Å². The maximum Gasteiger partial charge on any atom is 0.267 e. The molecule has 2 rings (SSSR count). The molecule has 0 aliphatic carbocycles. The third-order valence-electron chi connectivity index (χ3n) is 3.79. The number of primary amides is 1. The predicted molar refractivity (Wildman–Crippen MR) is 103 cm³/mol. The molecule has 2 unspecified atom stereocenters. The fourth-order valence-electron chi connectivity index (χ4n) is 2.42. The monoisotopic (exact) mass is 401 g/mol. The van der Waals surface area contributed by atoms with Gasteiger partial charge in [-0.05, 0) is 24.1 Å². The summed E-state index contributed by atoms with van der Waals surface area (Å²) < 4.78 is 0. The molecular formula is C15H21Cl2N7O2. The Hall–Kier alpha value is -2.49. The van der Waals surface area contributed by atoms with Crippen LogP contribution in [0.2, 0.25) is 0 Å². The topological polar surface area (TPSA) is 176 Å². The van der Waals surface area contributed by atoms with Crippen LogP contribution in [0.25, 0.3) is 0 Å². The number of rotatable bonds is 5. The molecule has 1 amide bonds. The number of benzene rings is 1. The number of nitrogens with zero attached hydrogens (tertiary/aromatic N) is 1. The minimum Gasteiger partial charge on any atom is -0.508 e. The van der Waals surface area contributed by atoms with E-state index in [2.05, 4.69) is 15.6 Å². The molecule has 1 aromatic carbocycles. The van der Waals surface area contributed by atoms with E-state index in [1.807, 2.05) is 6.92 Å². The molecule has 0 bridgehead atoms. The van der Waals surface area contributed by atoms with Crippen LogP contribution in [-0.4, -0.2) is 28.2 Å². The van der Waals surface area contributed by atoms with Gasteiger partial charge in [0.1, 0.15) is 17.4 Å². The van der Waals surface area contributed by atoms with Crippen LogP contribution in [0.15, 0.2) is 40.2 Å². The number of halogens is 2. The zero-order valence-electron chi connectivity index (χ0n) is 13.9. The Balaban J connectivity index is 0.00000338. The van der Waals surface area contributed by atoms with Crippen molar-refractivity contribution in [2.24, 2.45) is 22.2 Å². The largest absolute Gasteiger partial charge is 0.508 e. The van der Waals surface area contributed by atoms with Crippen LogP contribution in [0.5, 0.6) is 5.75 Å². The Morgan fingerprint density at radius 1 is 1.46 bits per heavy atom. The first-order chi connectivity index (χ1) is 11.7. The van der Waals surface area contributed by atoms with Gasteiger partial charge in [0.25, 0.3) is 5.91 Å². The van der Waals surface area contributed by atoms with Crippen LogP contribution in [0.4, 0.5) is 0 Å². The molecule has 1 aromatic rings. The van der Waals surface area contributed by atoms with Gasteiger partial charge in [-0.2, -0.15) is 0 Å². The van der Waals surface area contributed by atoms with E-state index >= 15 is 0 Å². The molecule has 1 aliphatic heterocycles. The van der Waals surface area contributed by atoms with E-state index in [1.54, 1.807) is 12.1 Å². The smallest absolute Gasteiger partial charge is 0.267 e. The number of nitrogens with two attached hydrogens (primary N) is 3. The lowest BCUT2D eigenvalue weighted by molar-refractivity contribution is -0.112. The average Bonchev–Trinajstić information content (AvgIpc) is 2.56. The Labute approximate surface area is 161 Å². The highest BCUT2D eigenvalue weighted by Crippen LogP contribution is 2.22. The lowest BCUT2D eigenvalue weighted by Gasteiger charge is -2.36. The summed E-state index contributed by atoms with van der Waals surface area (Å²) in [6.07, 6.45) is 0.609. The van der Waals surface area contributed by atoms with Crippen molar-refractivity contribution in [1.29, 1.82) is 5.41 Å². The van der Waals surface area contributed by atoms with E-state index in [1.165, 1.54) is 12.1 Å². The fraction of sp³-hybridized carbons (Fsp3) is 0.267. The molecule has 142 valence electrons. The van der Waals surface area contributed by atoms with Crippen molar-refractivity contribution in [2.45, 2.75) is 25.0 Å². The van der Waals surface area contributed by atoms with Crippen molar-refractivity contribution in [1.82, 2.24) is 10.6 Å². The van der Waals surface area contributed by atoms with Gasteiger partial charge in [-0.1, -0.05) is 30.7 Å². The molecule has 10 N–H and O–H groups in total. The molecule has 0 saturated heterocycles. The predicted octanol–water partition coefficient (Wildman–Crippen LogP) is 0.341. The van der Waals surface area contributed by atoms with Crippen LogP contribution in [0.1, 0.15) is 24.9 Å².